The van der Waals surface area contributed by atoms with E-state index in [1.807, 2.05) is 0 Å². The molecule has 0 radical (unpaired) electrons. The Bertz CT molecular complexity index is 97.8. The molecule has 0 bridgehead atoms. The summed E-state index contributed by atoms with van der Waals surface area (Å²) in [5, 5.41) is 0. The fourth-order valence-corrected chi connectivity index (χ4v) is 0.286. The highest BCUT2D eigenvalue weighted by molar-refractivity contribution is 5.79. The van der Waals surface area contributed by atoms with Crippen LogP contribution >= 0.6 is 0 Å². The van der Waals surface area contributed by atoms with Crippen molar-refractivity contribution in [3.05, 3.63) is 0 Å². The lowest BCUT2D eigenvalue weighted by Crippen LogP contribution is -2.26. The molecule has 0 rings (SSSR count). The van der Waals surface area contributed by atoms with Crippen LogP contribution in [0.15, 0.2) is 0 Å². The minimum atomic E-state index is -2.07. The van der Waals surface area contributed by atoms with Crippen LogP contribution in [0.5, 0.6) is 0 Å². The van der Waals surface area contributed by atoms with Crippen molar-refractivity contribution >= 4 is 5.91 Å². The Morgan fingerprint density at radius 3 is 2.56 bits per heavy atom. The van der Waals surface area contributed by atoms with Gasteiger partial charge in [0.05, 0.1) is 6.67 Å². The first-order valence-electron chi connectivity index (χ1n) is 2.33. The van der Waals surface area contributed by atoms with Gasteiger partial charge in [-0.15, -0.1) is 4.48 Å². The molecule has 0 aromatic carbocycles. The molecule has 0 heterocycles. The van der Waals surface area contributed by atoms with Gasteiger partial charge in [0.1, 0.15) is 0 Å². The SMILES string of the molecule is O=C(NF)C(F)CCF. The van der Waals surface area contributed by atoms with Crippen LogP contribution in [0.1, 0.15) is 6.42 Å². The summed E-state index contributed by atoms with van der Waals surface area (Å²) >= 11 is 0. The molecule has 2 nitrogen and oxygen atoms in total. The maximum Gasteiger partial charge on any atom is 0.282 e. The third kappa shape index (κ3) is 2.94. The summed E-state index contributed by atoms with van der Waals surface area (Å²) in [5.41, 5.74) is 0.569. The Morgan fingerprint density at radius 1 is 1.67 bits per heavy atom. The number of alkyl halides is 2. The van der Waals surface area contributed by atoms with Crippen LogP contribution in [0.4, 0.5) is 13.3 Å². The van der Waals surface area contributed by atoms with Crippen molar-refractivity contribution in [2.75, 3.05) is 6.67 Å². The van der Waals surface area contributed by atoms with E-state index >= 15 is 0 Å². The van der Waals surface area contributed by atoms with Gasteiger partial charge in [-0.25, -0.2) is 4.39 Å². The van der Waals surface area contributed by atoms with E-state index in [0.717, 1.165) is 0 Å². The maximum atomic E-state index is 11.9. The first-order chi connectivity index (χ1) is 4.22. The Labute approximate surface area is 50.0 Å². The summed E-state index contributed by atoms with van der Waals surface area (Å²) in [6.45, 7) is -0.964. The smallest absolute Gasteiger partial charge is 0.269 e. The molecule has 0 saturated heterocycles. The standard InChI is InChI=1S/C4H6F3NO/c5-2-1-3(6)4(9)8-7/h3H,1-2H2,(H,8,9). The topological polar surface area (TPSA) is 29.1 Å². The largest absolute Gasteiger partial charge is 0.282 e. The van der Waals surface area contributed by atoms with Crippen molar-refractivity contribution in [1.82, 2.24) is 5.54 Å². The van der Waals surface area contributed by atoms with Crippen molar-refractivity contribution in [2.45, 2.75) is 12.6 Å². The number of nitrogens with one attached hydrogen (secondary N) is 1. The van der Waals surface area contributed by atoms with Gasteiger partial charge in [0.2, 0.25) is 0 Å². The lowest BCUT2D eigenvalue weighted by molar-refractivity contribution is -0.130. The molecular formula is C4H6F3NO. The molecule has 0 aliphatic rings. The summed E-state index contributed by atoms with van der Waals surface area (Å²) in [7, 11) is 0. The summed E-state index contributed by atoms with van der Waals surface area (Å²) in [4.78, 5) is 9.87. The van der Waals surface area contributed by atoms with Gasteiger partial charge in [0.25, 0.3) is 5.91 Å². The molecule has 0 aliphatic carbocycles. The van der Waals surface area contributed by atoms with Gasteiger partial charge in [0.15, 0.2) is 6.17 Å². The van der Waals surface area contributed by atoms with Gasteiger partial charge < -0.3 is 0 Å². The minimum absolute atomic E-state index is 0.569. The second-order valence-corrected chi connectivity index (χ2v) is 1.40. The van der Waals surface area contributed by atoms with Crippen molar-refractivity contribution in [2.24, 2.45) is 0 Å². The third-order valence-electron chi connectivity index (χ3n) is 0.740. The second kappa shape index (κ2) is 4.17. The first-order valence-corrected chi connectivity index (χ1v) is 2.33. The molecule has 0 aromatic heterocycles. The van der Waals surface area contributed by atoms with Crippen molar-refractivity contribution in [1.29, 1.82) is 0 Å². The van der Waals surface area contributed by atoms with Gasteiger partial charge in [-0.1, -0.05) is 0 Å². The van der Waals surface area contributed by atoms with E-state index in [9.17, 15) is 18.1 Å². The van der Waals surface area contributed by atoms with Crippen LogP contribution in [-0.4, -0.2) is 18.8 Å². The normalized spacial score (nSPS) is 12.8. The summed E-state index contributed by atoms with van der Waals surface area (Å²) in [6, 6.07) is 0. The van der Waals surface area contributed by atoms with Gasteiger partial charge in [-0.2, -0.15) is 5.54 Å². The molecule has 0 aromatic rings. The molecule has 54 valence electrons. The molecule has 0 spiro atoms. The Balaban J connectivity index is 3.45. The number of carbonyl (C=O) groups is 1. The zero-order valence-electron chi connectivity index (χ0n) is 4.53. The number of rotatable bonds is 3. The molecule has 0 aliphatic heterocycles. The van der Waals surface area contributed by atoms with E-state index in [4.69, 9.17) is 0 Å². The predicted molar refractivity (Wildman–Crippen MR) is 24.7 cm³/mol. The molecule has 1 amide bonds. The van der Waals surface area contributed by atoms with Gasteiger partial charge in [-0.3, -0.25) is 9.18 Å². The number of carbonyl (C=O) groups excluding carboxylic acids is 1. The van der Waals surface area contributed by atoms with Crippen LogP contribution in [-0.2, 0) is 4.79 Å². The minimum Gasteiger partial charge on any atom is -0.269 e. The summed E-state index contributed by atoms with van der Waals surface area (Å²) in [6.07, 6.45) is -2.66. The second-order valence-electron chi connectivity index (χ2n) is 1.40. The molecule has 0 fully saturated rings. The molecule has 1 atom stereocenters. The zero-order valence-corrected chi connectivity index (χ0v) is 4.53. The van der Waals surface area contributed by atoms with Crippen LogP contribution in [0, 0.1) is 0 Å². The highest BCUT2D eigenvalue weighted by Gasteiger charge is 2.15. The van der Waals surface area contributed by atoms with Crippen molar-refractivity contribution < 1.29 is 18.1 Å². The first kappa shape index (κ1) is 8.26. The summed E-state index contributed by atoms with van der Waals surface area (Å²) in [5.74, 6) is -1.42. The fraction of sp³-hybridized carbons (Fsp3) is 0.750. The van der Waals surface area contributed by atoms with E-state index in [2.05, 4.69) is 0 Å². The van der Waals surface area contributed by atoms with E-state index in [-0.39, 0.29) is 0 Å². The highest BCUT2D eigenvalue weighted by Crippen LogP contribution is 1.97. The molecule has 1 unspecified atom stereocenters. The quantitative estimate of drug-likeness (QED) is 0.575. The third-order valence-corrected chi connectivity index (χ3v) is 0.740. The van der Waals surface area contributed by atoms with E-state index < -0.39 is 25.2 Å². The Hall–Kier alpha value is -0.740. The lowest BCUT2D eigenvalue weighted by atomic mass is 10.3. The monoisotopic (exact) mass is 141 g/mol. The van der Waals surface area contributed by atoms with E-state index in [1.165, 1.54) is 0 Å². The van der Waals surface area contributed by atoms with Gasteiger partial charge in [-0.05, 0) is 0 Å². The zero-order chi connectivity index (χ0) is 7.28. The Kier molecular flexibility index (Phi) is 3.83. The van der Waals surface area contributed by atoms with Gasteiger partial charge in [0, 0.05) is 6.42 Å². The molecule has 1 N–H and O–H groups in total. The van der Waals surface area contributed by atoms with Crippen molar-refractivity contribution in [3.63, 3.8) is 0 Å². The number of hydrogen-bond acceptors (Lipinski definition) is 1. The lowest BCUT2D eigenvalue weighted by Gasteiger charge is -1.98. The van der Waals surface area contributed by atoms with Crippen molar-refractivity contribution in [3.8, 4) is 0 Å². The molecule has 5 heteroatoms. The van der Waals surface area contributed by atoms with Crippen LogP contribution < -0.4 is 5.54 Å². The molecular weight excluding hydrogens is 135 g/mol. The fourth-order valence-electron chi connectivity index (χ4n) is 0.286. The van der Waals surface area contributed by atoms with E-state index in [0.29, 0.717) is 5.54 Å². The van der Waals surface area contributed by atoms with Gasteiger partial charge >= 0.3 is 0 Å². The maximum absolute atomic E-state index is 11.9. The average Bonchev–Trinajstić information content (AvgIpc) is 1.87. The summed E-state index contributed by atoms with van der Waals surface area (Å²) < 4.78 is 34.1. The molecule has 0 saturated carbocycles. The predicted octanol–water partition coefficient (Wildman–Crippen LogP) is 0.685. The highest BCUT2D eigenvalue weighted by atomic mass is 19.2. The van der Waals surface area contributed by atoms with Crippen LogP contribution in [0.3, 0.4) is 0 Å². The van der Waals surface area contributed by atoms with Crippen LogP contribution in [0.25, 0.3) is 0 Å². The average molecular weight is 141 g/mol. The van der Waals surface area contributed by atoms with Crippen LogP contribution in [0.2, 0.25) is 0 Å². The number of halogens is 3. The number of hydrogen-bond donors (Lipinski definition) is 1. The Morgan fingerprint density at radius 2 is 2.22 bits per heavy atom. The number of amides is 1. The molecule has 9 heavy (non-hydrogen) atoms. The van der Waals surface area contributed by atoms with E-state index in [1.54, 1.807) is 0 Å².